The van der Waals surface area contributed by atoms with Crippen LogP contribution in [0.1, 0.15) is 43.5 Å². The van der Waals surface area contributed by atoms with E-state index in [9.17, 15) is 9.90 Å². The van der Waals surface area contributed by atoms with Crippen molar-refractivity contribution >= 4 is 22.6 Å². The Balaban J connectivity index is 2.27. The van der Waals surface area contributed by atoms with Crippen LogP contribution in [0.15, 0.2) is 30.5 Å². The lowest BCUT2D eigenvalue weighted by Gasteiger charge is -2.42. The van der Waals surface area contributed by atoms with E-state index >= 15 is 0 Å². The number of rotatable bonds is 2. The summed E-state index contributed by atoms with van der Waals surface area (Å²) < 4.78 is 0. The molecule has 1 aromatic carbocycles. The second kappa shape index (κ2) is 5.35. The number of para-hydroxylation sites is 1. The quantitative estimate of drug-likeness (QED) is 0.913. The van der Waals surface area contributed by atoms with Crippen molar-refractivity contribution in [2.45, 2.75) is 45.2 Å². The number of hydrogen-bond acceptors (Lipinski definition) is 3. The van der Waals surface area contributed by atoms with Crippen molar-refractivity contribution < 1.29 is 9.90 Å². The molecule has 0 bridgehead atoms. The van der Waals surface area contributed by atoms with Crippen LogP contribution in [0.5, 0.6) is 0 Å². The maximum absolute atomic E-state index is 11.7. The Morgan fingerprint density at radius 3 is 2.57 bits per heavy atom. The van der Waals surface area contributed by atoms with Crippen molar-refractivity contribution in [1.29, 1.82) is 0 Å². The molecule has 0 unspecified atom stereocenters. The normalized spacial score (nSPS) is 22.5. The Hall–Kier alpha value is -2.10. The Bertz CT molecular complexity index is 674. The van der Waals surface area contributed by atoms with Gasteiger partial charge in [-0.25, -0.2) is 4.79 Å². The summed E-state index contributed by atoms with van der Waals surface area (Å²) in [7, 11) is 0. The van der Waals surface area contributed by atoms with E-state index in [2.05, 4.69) is 23.7 Å². The molecule has 0 amide bonds. The minimum absolute atomic E-state index is 0.300. The van der Waals surface area contributed by atoms with Gasteiger partial charge in [0.15, 0.2) is 0 Å². The highest BCUT2D eigenvalue weighted by Crippen LogP contribution is 2.36. The van der Waals surface area contributed by atoms with Crippen molar-refractivity contribution in [3.63, 3.8) is 0 Å². The van der Waals surface area contributed by atoms with Gasteiger partial charge in [0.25, 0.3) is 0 Å². The first kappa shape index (κ1) is 13.9. The van der Waals surface area contributed by atoms with Crippen LogP contribution in [-0.4, -0.2) is 28.1 Å². The molecule has 4 nitrogen and oxygen atoms in total. The Morgan fingerprint density at radius 1 is 1.24 bits per heavy atom. The van der Waals surface area contributed by atoms with Crippen LogP contribution >= 0.6 is 0 Å². The number of fused-ring (bicyclic) bond motifs is 1. The van der Waals surface area contributed by atoms with Gasteiger partial charge in [0.1, 0.15) is 5.56 Å². The monoisotopic (exact) mass is 284 g/mol. The zero-order chi connectivity index (χ0) is 15.0. The highest BCUT2D eigenvalue weighted by Gasteiger charge is 2.29. The summed E-state index contributed by atoms with van der Waals surface area (Å²) in [5, 5.41) is 10.5. The molecular weight excluding hydrogens is 264 g/mol. The molecule has 0 spiro atoms. The fraction of sp³-hybridized carbons (Fsp3) is 0.412. The maximum atomic E-state index is 11.7. The van der Waals surface area contributed by atoms with Gasteiger partial charge in [-0.1, -0.05) is 18.2 Å². The molecule has 0 saturated carbocycles. The SMILES string of the molecule is C[C@@H]1CCC[C@H](C)N1c1c(C(=O)O)cnc2ccccc12. The minimum atomic E-state index is -0.909. The second-order valence-electron chi connectivity index (χ2n) is 5.88. The van der Waals surface area contributed by atoms with E-state index in [4.69, 9.17) is 0 Å². The molecule has 1 saturated heterocycles. The summed E-state index contributed by atoms with van der Waals surface area (Å²) in [5.41, 5.74) is 1.98. The first-order valence-corrected chi connectivity index (χ1v) is 7.49. The lowest BCUT2D eigenvalue weighted by Crippen LogP contribution is -2.44. The predicted octanol–water partition coefficient (Wildman–Crippen LogP) is 3.70. The van der Waals surface area contributed by atoms with Gasteiger partial charge in [-0.3, -0.25) is 4.98 Å². The molecule has 2 atom stereocenters. The molecule has 1 fully saturated rings. The number of aromatic nitrogens is 1. The number of nitrogens with zero attached hydrogens (tertiary/aromatic N) is 2. The molecular formula is C17H20N2O2. The molecule has 110 valence electrons. The van der Waals surface area contributed by atoms with E-state index in [-0.39, 0.29) is 0 Å². The molecule has 3 rings (SSSR count). The second-order valence-corrected chi connectivity index (χ2v) is 5.88. The topological polar surface area (TPSA) is 53.4 Å². The molecule has 4 heteroatoms. The lowest BCUT2D eigenvalue weighted by molar-refractivity contribution is 0.0697. The van der Waals surface area contributed by atoms with E-state index in [1.807, 2.05) is 24.3 Å². The van der Waals surface area contributed by atoms with Gasteiger partial charge >= 0.3 is 5.97 Å². The standard InChI is InChI=1S/C17H20N2O2/c1-11-6-5-7-12(2)19(11)16-13-8-3-4-9-15(13)18-10-14(16)17(20)21/h3-4,8-12H,5-7H2,1-2H3,(H,20,21)/t11-,12+. The van der Waals surface area contributed by atoms with Gasteiger partial charge in [-0.15, -0.1) is 0 Å². The van der Waals surface area contributed by atoms with Gasteiger partial charge in [0, 0.05) is 23.7 Å². The van der Waals surface area contributed by atoms with E-state index < -0.39 is 5.97 Å². The third kappa shape index (κ3) is 2.35. The van der Waals surface area contributed by atoms with E-state index in [0.29, 0.717) is 17.6 Å². The third-order valence-electron chi connectivity index (χ3n) is 4.43. The van der Waals surface area contributed by atoms with Crippen molar-refractivity contribution in [2.75, 3.05) is 4.90 Å². The smallest absolute Gasteiger partial charge is 0.339 e. The zero-order valence-electron chi connectivity index (χ0n) is 12.4. The number of carbonyl (C=O) groups is 1. The first-order valence-electron chi connectivity index (χ1n) is 7.49. The lowest BCUT2D eigenvalue weighted by atomic mass is 9.94. The molecule has 1 N–H and O–H groups in total. The average Bonchev–Trinajstić information content (AvgIpc) is 2.46. The van der Waals surface area contributed by atoms with Gasteiger partial charge in [0.05, 0.1) is 11.2 Å². The molecule has 21 heavy (non-hydrogen) atoms. The van der Waals surface area contributed by atoms with Gasteiger partial charge in [-0.2, -0.15) is 0 Å². The Morgan fingerprint density at radius 2 is 1.90 bits per heavy atom. The molecule has 0 aliphatic carbocycles. The fourth-order valence-corrected chi connectivity index (χ4v) is 3.42. The number of carboxylic acids is 1. The average molecular weight is 284 g/mol. The highest BCUT2D eigenvalue weighted by molar-refractivity contribution is 6.04. The van der Waals surface area contributed by atoms with Crippen molar-refractivity contribution in [3.8, 4) is 0 Å². The molecule has 1 aliphatic rings. The molecule has 2 heterocycles. The van der Waals surface area contributed by atoms with Crippen LogP contribution in [0.4, 0.5) is 5.69 Å². The Labute approximate surface area is 124 Å². The summed E-state index contributed by atoms with van der Waals surface area (Å²) in [5.74, 6) is -0.909. The number of aromatic carboxylic acids is 1. The molecule has 0 radical (unpaired) electrons. The van der Waals surface area contributed by atoms with Crippen LogP contribution in [0.3, 0.4) is 0 Å². The molecule has 1 aromatic heterocycles. The molecule has 1 aliphatic heterocycles. The van der Waals surface area contributed by atoms with Gasteiger partial charge in [0.2, 0.25) is 0 Å². The van der Waals surface area contributed by atoms with E-state index in [1.54, 1.807) is 0 Å². The van der Waals surface area contributed by atoms with Gasteiger partial charge < -0.3 is 10.0 Å². The Kier molecular flexibility index (Phi) is 3.53. The minimum Gasteiger partial charge on any atom is -0.478 e. The first-order chi connectivity index (χ1) is 10.1. The van der Waals surface area contributed by atoms with Crippen molar-refractivity contribution in [1.82, 2.24) is 4.98 Å². The fourth-order valence-electron chi connectivity index (χ4n) is 3.42. The van der Waals surface area contributed by atoms with E-state index in [1.165, 1.54) is 12.6 Å². The van der Waals surface area contributed by atoms with Crippen LogP contribution in [0.2, 0.25) is 0 Å². The van der Waals surface area contributed by atoms with Crippen LogP contribution in [-0.2, 0) is 0 Å². The summed E-state index contributed by atoms with van der Waals surface area (Å²) in [6, 6.07) is 8.47. The predicted molar refractivity (Wildman–Crippen MR) is 84.0 cm³/mol. The van der Waals surface area contributed by atoms with Crippen LogP contribution in [0, 0.1) is 0 Å². The third-order valence-corrected chi connectivity index (χ3v) is 4.43. The number of hydrogen-bond donors (Lipinski definition) is 1. The summed E-state index contributed by atoms with van der Waals surface area (Å²) in [6.07, 6.45) is 4.89. The molecule has 2 aromatic rings. The summed E-state index contributed by atoms with van der Waals surface area (Å²) in [6.45, 7) is 4.35. The number of piperidine rings is 1. The van der Waals surface area contributed by atoms with E-state index in [0.717, 1.165) is 29.4 Å². The highest BCUT2D eigenvalue weighted by atomic mass is 16.4. The zero-order valence-corrected chi connectivity index (χ0v) is 12.4. The number of pyridine rings is 1. The number of anilines is 1. The maximum Gasteiger partial charge on any atom is 0.339 e. The summed E-state index contributed by atoms with van der Waals surface area (Å²) >= 11 is 0. The van der Waals surface area contributed by atoms with Crippen molar-refractivity contribution in [3.05, 3.63) is 36.0 Å². The van der Waals surface area contributed by atoms with Crippen molar-refractivity contribution in [2.24, 2.45) is 0 Å². The van der Waals surface area contributed by atoms with Gasteiger partial charge in [-0.05, 0) is 39.2 Å². The number of carboxylic acid groups (broad SMARTS) is 1. The van der Waals surface area contributed by atoms with Crippen LogP contribution < -0.4 is 4.90 Å². The number of benzene rings is 1. The summed E-state index contributed by atoms with van der Waals surface area (Å²) in [4.78, 5) is 18.2. The largest absolute Gasteiger partial charge is 0.478 e. The van der Waals surface area contributed by atoms with Crippen LogP contribution in [0.25, 0.3) is 10.9 Å².